The van der Waals surface area contributed by atoms with Gasteiger partial charge in [0.25, 0.3) is 0 Å². The van der Waals surface area contributed by atoms with Gasteiger partial charge in [0.15, 0.2) is 5.75 Å². The summed E-state index contributed by atoms with van der Waals surface area (Å²) in [6.07, 6.45) is 6.81. The molecular weight excluding hydrogens is 269 g/mol. The van der Waals surface area contributed by atoms with Gasteiger partial charge >= 0.3 is 0 Å². The predicted molar refractivity (Wildman–Crippen MR) is 78.0 cm³/mol. The fourth-order valence-corrected chi connectivity index (χ4v) is 2.50. The molecule has 1 atom stereocenters. The van der Waals surface area contributed by atoms with Gasteiger partial charge in [0, 0.05) is 18.5 Å². The Labute approximate surface area is 123 Å². The van der Waals surface area contributed by atoms with Crippen LogP contribution in [0.25, 0.3) is 0 Å². The van der Waals surface area contributed by atoms with E-state index in [0.717, 1.165) is 25.3 Å². The van der Waals surface area contributed by atoms with Gasteiger partial charge in [-0.15, -0.1) is 0 Å². The number of hydrogen-bond acceptors (Lipinski definition) is 4. The van der Waals surface area contributed by atoms with Crippen LogP contribution in [0.15, 0.2) is 36.7 Å². The zero-order valence-corrected chi connectivity index (χ0v) is 11.8. The maximum atomic E-state index is 13.1. The highest BCUT2D eigenvalue weighted by molar-refractivity contribution is 5.28. The summed E-state index contributed by atoms with van der Waals surface area (Å²) >= 11 is 0. The highest BCUT2D eigenvalue weighted by Gasteiger charge is 2.16. The van der Waals surface area contributed by atoms with Gasteiger partial charge in [-0.1, -0.05) is 12.5 Å². The summed E-state index contributed by atoms with van der Waals surface area (Å²) in [4.78, 5) is 8.79. The molecule has 2 heterocycles. The maximum Gasteiger partial charge on any atom is 0.164 e. The summed E-state index contributed by atoms with van der Waals surface area (Å²) in [6, 6.07) is 6.03. The molecule has 110 valence electrons. The molecule has 1 aliphatic rings. The van der Waals surface area contributed by atoms with Gasteiger partial charge in [0.05, 0.1) is 12.4 Å². The third kappa shape index (κ3) is 3.76. The summed E-state index contributed by atoms with van der Waals surface area (Å²) in [6.45, 7) is 1.99. The fraction of sp³-hybridized carbons (Fsp3) is 0.375. The van der Waals surface area contributed by atoms with E-state index in [2.05, 4.69) is 15.3 Å². The Kier molecular flexibility index (Phi) is 4.40. The average molecular weight is 287 g/mol. The first-order chi connectivity index (χ1) is 10.3. The van der Waals surface area contributed by atoms with Crippen molar-refractivity contribution >= 4 is 0 Å². The standard InChI is InChI=1S/C16H18FN3O/c17-13-5-3-6-14(8-13)21-15-10-19-16(20-11-15)12-4-1-2-7-18-9-12/h3,5-6,8,10-12,18H,1-2,4,7,9H2. The average Bonchev–Trinajstić information content (AvgIpc) is 2.77. The normalized spacial score (nSPS) is 19.0. The van der Waals surface area contributed by atoms with Crippen molar-refractivity contribution in [2.45, 2.75) is 25.2 Å². The molecule has 0 bridgehead atoms. The molecule has 5 heteroatoms. The SMILES string of the molecule is Fc1cccc(Oc2cnc(C3CCCCNC3)nc2)c1. The Morgan fingerprint density at radius 3 is 2.81 bits per heavy atom. The summed E-state index contributed by atoms with van der Waals surface area (Å²) in [5, 5.41) is 3.40. The number of rotatable bonds is 3. The van der Waals surface area contributed by atoms with Crippen molar-refractivity contribution in [1.82, 2.24) is 15.3 Å². The first-order valence-corrected chi connectivity index (χ1v) is 7.27. The van der Waals surface area contributed by atoms with Crippen LogP contribution >= 0.6 is 0 Å². The van der Waals surface area contributed by atoms with E-state index in [0.29, 0.717) is 17.4 Å². The smallest absolute Gasteiger partial charge is 0.164 e. The lowest BCUT2D eigenvalue weighted by Crippen LogP contribution is -2.20. The van der Waals surface area contributed by atoms with Gasteiger partial charge in [-0.2, -0.15) is 0 Å². The van der Waals surface area contributed by atoms with Crippen LogP contribution in [0.5, 0.6) is 11.5 Å². The molecule has 0 amide bonds. The van der Waals surface area contributed by atoms with E-state index in [9.17, 15) is 4.39 Å². The molecule has 1 aliphatic heterocycles. The number of benzene rings is 1. The molecule has 2 aromatic rings. The molecule has 1 fully saturated rings. The van der Waals surface area contributed by atoms with Crippen LogP contribution in [-0.2, 0) is 0 Å². The summed E-state index contributed by atoms with van der Waals surface area (Å²) in [5.74, 6) is 1.84. The van der Waals surface area contributed by atoms with E-state index in [1.165, 1.54) is 25.0 Å². The van der Waals surface area contributed by atoms with Crippen molar-refractivity contribution in [2.24, 2.45) is 0 Å². The topological polar surface area (TPSA) is 47.0 Å². The van der Waals surface area contributed by atoms with Crippen molar-refractivity contribution in [2.75, 3.05) is 13.1 Å². The van der Waals surface area contributed by atoms with Crippen LogP contribution in [-0.4, -0.2) is 23.1 Å². The number of ether oxygens (including phenoxy) is 1. The highest BCUT2D eigenvalue weighted by atomic mass is 19.1. The van der Waals surface area contributed by atoms with Crippen LogP contribution in [0.3, 0.4) is 0 Å². The van der Waals surface area contributed by atoms with Crippen LogP contribution < -0.4 is 10.1 Å². The molecule has 1 aromatic heterocycles. The van der Waals surface area contributed by atoms with Crippen molar-refractivity contribution in [3.8, 4) is 11.5 Å². The molecule has 1 saturated heterocycles. The second kappa shape index (κ2) is 6.63. The molecule has 4 nitrogen and oxygen atoms in total. The summed E-state index contributed by atoms with van der Waals surface area (Å²) in [7, 11) is 0. The van der Waals surface area contributed by atoms with E-state index in [1.807, 2.05) is 0 Å². The van der Waals surface area contributed by atoms with Gasteiger partial charge in [-0.25, -0.2) is 14.4 Å². The second-order valence-corrected chi connectivity index (χ2v) is 5.23. The lowest BCUT2D eigenvalue weighted by Gasteiger charge is -2.13. The first-order valence-electron chi connectivity index (χ1n) is 7.27. The Bertz CT molecular complexity index is 580. The molecule has 0 spiro atoms. The third-order valence-electron chi connectivity index (χ3n) is 3.59. The molecule has 3 rings (SSSR count). The van der Waals surface area contributed by atoms with E-state index in [4.69, 9.17) is 4.74 Å². The zero-order valence-electron chi connectivity index (χ0n) is 11.8. The third-order valence-corrected chi connectivity index (χ3v) is 3.59. The quantitative estimate of drug-likeness (QED) is 0.941. The Hall–Kier alpha value is -2.01. The van der Waals surface area contributed by atoms with Gasteiger partial charge in [0.1, 0.15) is 17.4 Å². The van der Waals surface area contributed by atoms with Gasteiger partial charge in [0.2, 0.25) is 0 Å². The Morgan fingerprint density at radius 1 is 1.14 bits per heavy atom. The monoisotopic (exact) mass is 287 g/mol. The van der Waals surface area contributed by atoms with E-state index in [-0.39, 0.29) is 5.82 Å². The molecule has 1 aromatic carbocycles. The zero-order chi connectivity index (χ0) is 14.5. The minimum absolute atomic E-state index is 0.324. The summed E-state index contributed by atoms with van der Waals surface area (Å²) < 4.78 is 18.6. The Morgan fingerprint density at radius 2 is 2.00 bits per heavy atom. The largest absolute Gasteiger partial charge is 0.454 e. The number of halogens is 1. The van der Waals surface area contributed by atoms with Crippen LogP contribution in [0, 0.1) is 5.82 Å². The van der Waals surface area contributed by atoms with Crippen molar-refractivity contribution < 1.29 is 9.13 Å². The lowest BCUT2D eigenvalue weighted by atomic mass is 10.0. The van der Waals surface area contributed by atoms with E-state index >= 15 is 0 Å². The summed E-state index contributed by atoms with van der Waals surface area (Å²) in [5.41, 5.74) is 0. The molecule has 21 heavy (non-hydrogen) atoms. The lowest BCUT2D eigenvalue weighted by molar-refractivity contribution is 0.468. The van der Waals surface area contributed by atoms with Gasteiger partial charge in [-0.3, -0.25) is 0 Å². The van der Waals surface area contributed by atoms with E-state index < -0.39 is 0 Å². The molecule has 1 unspecified atom stereocenters. The molecule has 1 N–H and O–H groups in total. The second-order valence-electron chi connectivity index (χ2n) is 5.23. The Balaban J connectivity index is 1.68. The van der Waals surface area contributed by atoms with Crippen molar-refractivity contribution in [3.63, 3.8) is 0 Å². The molecular formula is C16H18FN3O. The van der Waals surface area contributed by atoms with Crippen LogP contribution in [0.2, 0.25) is 0 Å². The number of nitrogens with zero attached hydrogens (tertiary/aromatic N) is 2. The fourth-order valence-electron chi connectivity index (χ4n) is 2.50. The number of nitrogens with one attached hydrogen (secondary N) is 1. The highest BCUT2D eigenvalue weighted by Crippen LogP contribution is 2.23. The van der Waals surface area contributed by atoms with Gasteiger partial charge < -0.3 is 10.1 Å². The maximum absolute atomic E-state index is 13.1. The molecule has 0 saturated carbocycles. The van der Waals surface area contributed by atoms with Crippen molar-refractivity contribution in [1.29, 1.82) is 0 Å². The number of aromatic nitrogens is 2. The first kappa shape index (κ1) is 13.9. The predicted octanol–water partition coefficient (Wildman–Crippen LogP) is 3.27. The molecule has 0 radical (unpaired) electrons. The minimum Gasteiger partial charge on any atom is -0.454 e. The van der Waals surface area contributed by atoms with Crippen LogP contribution in [0.4, 0.5) is 4.39 Å². The van der Waals surface area contributed by atoms with Crippen LogP contribution in [0.1, 0.15) is 31.0 Å². The minimum atomic E-state index is -0.324. The van der Waals surface area contributed by atoms with Gasteiger partial charge in [-0.05, 0) is 31.5 Å². The van der Waals surface area contributed by atoms with Crippen molar-refractivity contribution in [3.05, 3.63) is 48.3 Å². The van der Waals surface area contributed by atoms with E-state index in [1.54, 1.807) is 24.5 Å². The number of hydrogen-bond donors (Lipinski definition) is 1. The molecule has 0 aliphatic carbocycles.